The topological polar surface area (TPSA) is 12.0 Å². The molecule has 2 unspecified atom stereocenters. The van der Waals surface area contributed by atoms with Crippen molar-refractivity contribution < 1.29 is 0 Å². The lowest BCUT2D eigenvalue weighted by Crippen LogP contribution is -2.29. The molecule has 0 amide bonds. The molecule has 0 aromatic heterocycles. The summed E-state index contributed by atoms with van der Waals surface area (Å²) in [5.41, 5.74) is 1.43. The summed E-state index contributed by atoms with van der Waals surface area (Å²) < 4.78 is 0. The molecule has 17 heavy (non-hydrogen) atoms. The Kier molecular flexibility index (Phi) is 4.87. The molecular formula is C15H22ClN. The van der Waals surface area contributed by atoms with Crippen LogP contribution in [0, 0.1) is 5.92 Å². The van der Waals surface area contributed by atoms with Gasteiger partial charge in [-0.25, -0.2) is 0 Å². The summed E-state index contributed by atoms with van der Waals surface area (Å²) in [7, 11) is 0. The van der Waals surface area contributed by atoms with Crippen LogP contribution < -0.4 is 5.32 Å². The van der Waals surface area contributed by atoms with E-state index in [4.69, 9.17) is 11.6 Å². The number of nitrogens with one attached hydrogen (secondary N) is 1. The quantitative estimate of drug-likeness (QED) is 0.845. The van der Waals surface area contributed by atoms with Gasteiger partial charge in [-0.15, -0.1) is 0 Å². The highest BCUT2D eigenvalue weighted by Crippen LogP contribution is 2.38. The van der Waals surface area contributed by atoms with Gasteiger partial charge in [0.15, 0.2) is 0 Å². The fourth-order valence-electron chi connectivity index (χ4n) is 2.96. The third-order valence-electron chi connectivity index (χ3n) is 3.84. The molecule has 1 saturated carbocycles. The molecule has 1 aromatic carbocycles. The van der Waals surface area contributed by atoms with Gasteiger partial charge in [0, 0.05) is 5.02 Å². The Morgan fingerprint density at radius 2 is 2.12 bits per heavy atom. The number of hydrogen-bond acceptors (Lipinski definition) is 1. The fourth-order valence-corrected chi connectivity index (χ4v) is 3.16. The highest BCUT2D eigenvalue weighted by molar-refractivity contribution is 6.30. The van der Waals surface area contributed by atoms with Gasteiger partial charge in [-0.3, -0.25) is 0 Å². The third-order valence-corrected chi connectivity index (χ3v) is 4.08. The Morgan fingerprint density at radius 3 is 2.88 bits per heavy atom. The Morgan fingerprint density at radius 1 is 1.29 bits per heavy atom. The van der Waals surface area contributed by atoms with Crippen LogP contribution in [-0.2, 0) is 0 Å². The number of hydrogen-bond donors (Lipinski definition) is 1. The van der Waals surface area contributed by atoms with Crippen LogP contribution >= 0.6 is 11.6 Å². The second-order valence-corrected chi connectivity index (χ2v) is 5.45. The lowest BCUT2D eigenvalue weighted by atomic mass is 9.75. The third kappa shape index (κ3) is 3.46. The molecule has 1 fully saturated rings. The molecule has 1 aliphatic carbocycles. The van der Waals surface area contributed by atoms with E-state index in [0.717, 1.165) is 24.0 Å². The van der Waals surface area contributed by atoms with Crippen molar-refractivity contribution in [2.75, 3.05) is 13.1 Å². The van der Waals surface area contributed by atoms with E-state index in [-0.39, 0.29) is 0 Å². The summed E-state index contributed by atoms with van der Waals surface area (Å²) in [6.45, 7) is 4.39. The van der Waals surface area contributed by atoms with E-state index in [9.17, 15) is 0 Å². The van der Waals surface area contributed by atoms with Crippen molar-refractivity contribution >= 4 is 11.6 Å². The predicted octanol–water partition coefficient (Wildman–Crippen LogP) is 4.22. The second kappa shape index (κ2) is 6.42. The largest absolute Gasteiger partial charge is 0.317 e. The van der Waals surface area contributed by atoms with Gasteiger partial charge < -0.3 is 5.32 Å². The van der Waals surface area contributed by atoms with Crippen LogP contribution in [0.5, 0.6) is 0 Å². The SMILES string of the molecule is CCNCC1CCCCC1c1cccc(Cl)c1. The highest BCUT2D eigenvalue weighted by atomic mass is 35.5. The van der Waals surface area contributed by atoms with Crippen molar-refractivity contribution in [3.63, 3.8) is 0 Å². The van der Waals surface area contributed by atoms with Gasteiger partial charge in [0.1, 0.15) is 0 Å². The molecular weight excluding hydrogens is 230 g/mol. The molecule has 0 heterocycles. The van der Waals surface area contributed by atoms with Crippen molar-refractivity contribution in [2.45, 2.75) is 38.5 Å². The van der Waals surface area contributed by atoms with Gasteiger partial charge in [0.25, 0.3) is 0 Å². The monoisotopic (exact) mass is 251 g/mol. The molecule has 2 heteroatoms. The van der Waals surface area contributed by atoms with Crippen LogP contribution in [0.4, 0.5) is 0 Å². The fraction of sp³-hybridized carbons (Fsp3) is 0.600. The molecule has 0 spiro atoms. The summed E-state index contributed by atoms with van der Waals surface area (Å²) in [5, 5.41) is 4.37. The minimum atomic E-state index is 0.696. The Labute approximate surface area is 110 Å². The van der Waals surface area contributed by atoms with E-state index in [1.54, 1.807) is 0 Å². The average Bonchev–Trinajstić information content (AvgIpc) is 2.37. The van der Waals surface area contributed by atoms with Crippen molar-refractivity contribution in [2.24, 2.45) is 5.92 Å². The number of halogens is 1. The van der Waals surface area contributed by atoms with Crippen molar-refractivity contribution in [3.8, 4) is 0 Å². The molecule has 0 radical (unpaired) electrons. The van der Waals surface area contributed by atoms with Gasteiger partial charge >= 0.3 is 0 Å². The van der Waals surface area contributed by atoms with Crippen LogP contribution in [0.1, 0.15) is 44.1 Å². The first kappa shape index (κ1) is 12.9. The smallest absolute Gasteiger partial charge is 0.0408 e. The van der Waals surface area contributed by atoms with E-state index in [1.807, 2.05) is 6.07 Å². The van der Waals surface area contributed by atoms with Crippen LogP contribution in [0.15, 0.2) is 24.3 Å². The number of benzene rings is 1. The lowest BCUT2D eigenvalue weighted by molar-refractivity contribution is 0.297. The Balaban J connectivity index is 2.10. The lowest BCUT2D eigenvalue weighted by Gasteiger charge is -2.32. The maximum Gasteiger partial charge on any atom is 0.0408 e. The molecule has 2 atom stereocenters. The van der Waals surface area contributed by atoms with Crippen LogP contribution in [0.3, 0.4) is 0 Å². The Bertz CT molecular complexity index is 351. The summed E-state index contributed by atoms with van der Waals surface area (Å²) in [5.74, 6) is 1.48. The van der Waals surface area contributed by atoms with Gasteiger partial charge in [-0.1, -0.05) is 43.5 Å². The summed E-state index contributed by atoms with van der Waals surface area (Å²) in [6, 6.07) is 8.43. The van der Waals surface area contributed by atoms with Gasteiger partial charge in [-0.2, -0.15) is 0 Å². The molecule has 1 aromatic rings. The second-order valence-electron chi connectivity index (χ2n) is 5.01. The molecule has 0 bridgehead atoms. The molecule has 1 N–H and O–H groups in total. The standard InChI is InChI=1S/C15H22ClN/c1-2-17-11-13-6-3-4-9-15(13)12-7-5-8-14(16)10-12/h5,7-8,10,13,15,17H,2-4,6,9,11H2,1H3. The van der Waals surface area contributed by atoms with Gasteiger partial charge in [0.2, 0.25) is 0 Å². The van der Waals surface area contributed by atoms with Gasteiger partial charge in [-0.05, 0) is 55.5 Å². The van der Waals surface area contributed by atoms with Gasteiger partial charge in [0.05, 0.1) is 0 Å². The van der Waals surface area contributed by atoms with E-state index in [1.165, 1.54) is 31.2 Å². The van der Waals surface area contributed by atoms with Crippen molar-refractivity contribution in [1.29, 1.82) is 0 Å². The summed E-state index contributed by atoms with van der Waals surface area (Å²) in [4.78, 5) is 0. The maximum atomic E-state index is 6.10. The molecule has 2 rings (SSSR count). The molecule has 94 valence electrons. The van der Waals surface area contributed by atoms with Crippen molar-refractivity contribution in [1.82, 2.24) is 5.32 Å². The van der Waals surface area contributed by atoms with E-state index in [0.29, 0.717) is 5.92 Å². The first-order valence-corrected chi connectivity index (χ1v) is 7.15. The van der Waals surface area contributed by atoms with Crippen LogP contribution in [0.2, 0.25) is 5.02 Å². The minimum absolute atomic E-state index is 0.696. The van der Waals surface area contributed by atoms with E-state index < -0.39 is 0 Å². The average molecular weight is 252 g/mol. The zero-order valence-electron chi connectivity index (χ0n) is 10.6. The van der Waals surface area contributed by atoms with Crippen molar-refractivity contribution in [3.05, 3.63) is 34.9 Å². The molecule has 0 saturated heterocycles. The first-order valence-electron chi connectivity index (χ1n) is 6.77. The molecule has 0 aliphatic heterocycles. The minimum Gasteiger partial charge on any atom is -0.317 e. The van der Waals surface area contributed by atoms with Crippen LogP contribution in [0.25, 0.3) is 0 Å². The van der Waals surface area contributed by atoms with Crippen LogP contribution in [-0.4, -0.2) is 13.1 Å². The zero-order chi connectivity index (χ0) is 12.1. The highest BCUT2D eigenvalue weighted by Gasteiger charge is 2.25. The van der Waals surface area contributed by atoms with E-state index >= 15 is 0 Å². The zero-order valence-corrected chi connectivity index (χ0v) is 11.3. The molecule has 1 nitrogen and oxygen atoms in total. The summed E-state index contributed by atoms with van der Waals surface area (Å²) >= 11 is 6.10. The first-order chi connectivity index (χ1) is 8.31. The normalized spacial score (nSPS) is 24.8. The summed E-state index contributed by atoms with van der Waals surface area (Å²) in [6.07, 6.45) is 5.41. The Hall–Kier alpha value is -0.530. The predicted molar refractivity (Wildman–Crippen MR) is 74.7 cm³/mol. The molecule has 1 aliphatic rings. The maximum absolute atomic E-state index is 6.10. The number of rotatable bonds is 4. The van der Waals surface area contributed by atoms with E-state index in [2.05, 4.69) is 30.4 Å².